The summed E-state index contributed by atoms with van der Waals surface area (Å²) in [6.45, 7) is -1.71. The molecule has 0 saturated carbocycles. The lowest BCUT2D eigenvalue weighted by Crippen LogP contribution is -2.35. The van der Waals surface area contributed by atoms with Crippen molar-refractivity contribution in [1.82, 2.24) is 19.5 Å². The maximum atomic E-state index is 14.1. The van der Waals surface area contributed by atoms with Crippen molar-refractivity contribution >= 4 is 17.0 Å². The Morgan fingerprint density at radius 1 is 1.52 bits per heavy atom. The highest BCUT2D eigenvalue weighted by Crippen LogP contribution is 2.40. The predicted octanol–water partition coefficient (Wildman–Crippen LogP) is 0.505. The third-order valence-corrected chi connectivity index (χ3v) is 3.47. The first-order chi connectivity index (χ1) is 9.99. The summed E-state index contributed by atoms with van der Waals surface area (Å²) in [7, 11) is 0. The first-order valence-corrected chi connectivity index (χ1v) is 6.14. The topological polar surface area (TPSA) is 99.1 Å². The van der Waals surface area contributed by atoms with Gasteiger partial charge in [-0.3, -0.25) is 4.57 Å². The monoisotopic (exact) mass is 303 g/mol. The Hall–Kier alpha value is -1.94. The smallest absolute Gasteiger partial charge is 0.312 e. The number of halogens is 3. The molecule has 3 atom stereocenters. The van der Waals surface area contributed by atoms with E-state index in [1.165, 1.54) is 0 Å². The van der Waals surface area contributed by atoms with Crippen LogP contribution in [0.2, 0.25) is 0 Å². The second-order valence-electron chi connectivity index (χ2n) is 4.91. The van der Waals surface area contributed by atoms with Gasteiger partial charge in [-0.25, -0.2) is 13.8 Å². The molecule has 114 valence electrons. The van der Waals surface area contributed by atoms with Crippen LogP contribution in [0, 0.1) is 6.08 Å². The third kappa shape index (κ3) is 2.10. The summed E-state index contributed by atoms with van der Waals surface area (Å²) < 4.78 is 46.8. The summed E-state index contributed by atoms with van der Waals surface area (Å²) >= 11 is 0. The van der Waals surface area contributed by atoms with Crippen LogP contribution in [0.1, 0.15) is 12.6 Å². The Labute approximate surface area is 116 Å². The second-order valence-corrected chi connectivity index (χ2v) is 4.91. The number of hydrogen-bond acceptors (Lipinski definition) is 6. The van der Waals surface area contributed by atoms with Crippen LogP contribution in [0.15, 0.2) is 6.33 Å². The molecule has 2 aromatic rings. The van der Waals surface area contributed by atoms with Gasteiger partial charge in [-0.05, 0) is 0 Å². The van der Waals surface area contributed by atoms with Crippen LogP contribution in [0.25, 0.3) is 11.2 Å². The van der Waals surface area contributed by atoms with Crippen LogP contribution in [0.5, 0.6) is 0 Å². The molecule has 1 fully saturated rings. The van der Waals surface area contributed by atoms with Gasteiger partial charge in [-0.2, -0.15) is 14.4 Å². The van der Waals surface area contributed by atoms with Crippen LogP contribution >= 0.6 is 0 Å². The maximum absolute atomic E-state index is 14.1. The second kappa shape index (κ2) is 4.81. The van der Waals surface area contributed by atoms with Gasteiger partial charge in [0.05, 0.1) is 12.9 Å². The van der Waals surface area contributed by atoms with Crippen LogP contribution < -0.4 is 5.73 Å². The summed E-state index contributed by atoms with van der Waals surface area (Å²) in [6.07, 6.45) is -3.13. The molecule has 3 N–H and O–H groups in total. The number of rotatable bonds is 3. The normalized spacial score (nSPS) is 29.3. The largest absolute Gasteiger partial charge is 0.393 e. The van der Waals surface area contributed by atoms with Gasteiger partial charge < -0.3 is 15.6 Å². The number of ether oxygens (including phenoxy) is 1. The third-order valence-electron chi connectivity index (χ3n) is 3.47. The predicted molar refractivity (Wildman–Crippen MR) is 65.1 cm³/mol. The lowest BCUT2D eigenvalue weighted by Gasteiger charge is -2.23. The molecule has 0 aromatic carbocycles. The van der Waals surface area contributed by atoms with Gasteiger partial charge in [-0.1, -0.05) is 0 Å². The first kappa shape index (κ1) is 14.0. The van der Waals surface area contributed by atoms with E-state index in [0.717, 1.165) is 10.9 Å². The van der Waals surface area contributed by atoms with Crippen molar-refractivity contribution in [2.75, 3.05) is 19.0 Å². The standard InChI is InChI=1S/C11H12F3N5O2/c12-2-11(3-20)1-5(13)9(21-11)19-4-16-6-7(15)17-10(14)18-8(6)19/h4-5,9,20H,1-3H2,(H2,15,17,18)/t5-,9+,11+/m0/s1. The summed E-state index contributed by atoms with van der Waals surface area (Å²) in [4.78, 5) is 10.7. The lowest BCUT2D eigenvalue weighted by molar-refractivity contribution is -0.112. The number of fused-ring (bicyclic) bond motifs is 1. The zero-order valence-electron chi connectivity index (χ0n) is 10.7. The number of hydrogen-bond donors (Lipinski definition) is 2. The number of imidazole rings is 1. The van der Waals surface area contributed by atoms with Crippen LogP contribution in [0.3, 0.4) is 0 Å². The van der Waals surface area contributed by atoms with E-state index in [0.29, 0.717) is 0 Å². The number of aliphatic hydroxyl groups is 1. The molecule has 0 aliphatic carbocycles. The lowest BCUT2D eigenvalue weighted by atomic mass is 10.0. The van der Waals surface area contributed by atoms with Gasteiger partial charge in [0.25, 0.3) is 0 Å². The number of alkyl halides is 2. The van der Waals surface area contributed by atoms with Crippen molar-refractivity contribution in [1.29, 1.82) is 0 Å². The minimum atomic E-state index is -1.61. The molecule has 1 saturated heterocycles. The first-order valence-electron chi connectivity index (χ1n) is 6.14. The molecule has 1 aliphatic rings. The average Bonchev–Trinajstić information content (AvgIpc) is 3.00. The zero-order chi connectivity index (χ0) is 15.2. The number of aromatic nitrogens is 4. The highest BCUT2D eigenvalue weighted by atomic mass is 19.1. The molecule has 0 radical (unpaired) electrons. The van der Waals surface area contributed by atoms with Gasteiger partial charge in [0.15, 0.2) is 23.2 Å². The summed E-state index contributed by atoms with van der Waals surface area (Å²) in [5.41, 5.74) is 3.93. The van der Waals surface area contributed by atoms with E-state index < -0.39 is 37.4 Å². The van der Waals surface area contributed by atoms with Gasteiger partial charge in [-0.15, -0.1) is 0 Å². The fourth-order valence-corrected chi connectivity index (χ4v) is 2.39. The maximum Gasteiger partial charge on any atom is 0.312 e. The summed E-state index contributed by atoms with van der Waals surface area (Å²) in [6, 6.07) is 0. The van der Waals surface area contributed by atoms with Gasteiger partial charge >= 0.3 is 6.08 Å². The van der Waals surface area contributed by atoms with E-state index in [-0.39, 0.29) is 23.4 Å². The molecule has 0 unspecified atom stereocenters. The van der Waals surface area contributed by atoms with Crippen LogP contribution in [-0.2, 0) is 4.74 Å². The Balaban J connectivity index is 2.05. The van der Waals surface area contributed by atoms with Crippen molar-refractivity contribution in [2.24, 2.45) is 0 Å². The molecule has 3 rings (SSSR count). The molecular weight excluding hydrogens is 291 g/mol. The fourth-order valence-electron chi connectivity index (χ4n) is 2.39. The molecule has 10 heteroatoms. The van der Waals surface area contributed by atoms with Crippen LogP contribution in [-0.4, -0.2) is 49.7 Å². The van der Waals surface area contributed by atoms with E-state index >= 15 is 0 Å². The zero-order valence-corrected chi connectivity index (χ0v) is 10.7. The van der Waals surface area contributed by atoms with Crippen molar-refractivity contribution in [3.63, 3.8) is 0 Å². The minimum absolute atomic E-state index is 0.0553. The van der Waals surface area contributed by atoms with E-state index in [2.05, 4.69) is 15.0 Å². The minimum Gasteiger partial charge on any atom is -0.393 e. The summed E-state index contributed by atoms with van der Waals surface area (Å²) in [5.74, 6) is -0.191. The highest BCUT2D eigenvalue weighted by Gasteiger charge is 2.48. The van der Waals surface area contributed by atoms with Gasteiger partial charge in [0.2, 0.25) is 0 Å². The van der Waals surface area contributed by atoms with E-state index in [1.54, 1.807) is 0 Å². The Kier molecular flexibility index (Phi) is 3.21. The molecule has 21 heavy (non-hydrogen) atoms. The fraction of sp³-hybridized carbons (Fsp3) is 0.545. The Morgan fingerprint density at radius 3 is 2.90 bits per heavy atom. The molecule has 0 bridgehead atoms. The van der Waals surface area contributed by atoms with Gasteiger partial charge in [0.1, 0.15) is 18.4 Å². The van der Waals surface area contributed by atoms with E-state index in [1.807, 2.05) is 0 Å². The Bertz CT molecular complexity index is 675. The van der Waals surface area contributed by atoms with Crippen molar-refractivity contribution in [3.05, 3.63) is 12.4 Å². The SMILES string of the molecule is Nc1nc(F)nc2c1ncn2[C@@H]1O[C@@](CO)(CF)C[C@@H]1F. The van der Waals surface area contributed by atoms with Gasteiger partial charge in [0, 0.05) is 6.42 Å². The average molecular weight is 303 g/mol. The molecule has 2 aromatic heterocycles. The molecule has 0 amide bonds. The number of nitrogen functional groups attached to an aromatic ring is 1. The number of nitrogens with zero attached hydrogens (tertiary/aromatic N) is 4. The molecule has 3 heterocycles. The van der Waals surface area contributed by atoms with Crippen molar-refractivity contribution in [2.45, 2.75) is 24.4 Å². The Morgan fingerprint density at radius 2 is 2.29 bits per heavy atom. The molecule has 7 nitrogen and oxygen atoms in total. The molecule has 1 aliphatic heterocycles. The molecular formula is C11H12F3N5O2. The van der Waals surface area contributed by atoms with Crippen molar-refractivity contribution in [3.8, 4) is 0 Å². The highest BCUT2D eigenvalue weighted by molar-refractivity contribution is 5.81. The quantitative estimate of drug-likeness (QED) is 0.801. The van der Waals surface area contributed by atoms with Crippen LogP contribution in [0.4, 0.5) is 19.0 Å². The molecule has 0 spiro atoms. The summed E-state index contributed by atoms with van der Waals surface area (Å²) in [5, 5.41) is 9.19. The van der Waals surface area contributed by atoms with E-state index in [4.69, 9.17) is 10.5 Å². The van der Waals surface area contributed by atoms with E-state index in [9.17, 15) is 18.3 Å². The number of nitrogens with two attached hydrogens (primary N) is 1. The number of anilines is 1. The van der Waals surface area contributed by atoms with Crippen molar-refractivity contribution < 1.29 is 23.0 Å². The number of aliphatic hydroxyl groups excluding tert-OH is 1.